The summed E-state index contributed by atoms with van der Waals surface area (Å²) in [5.41, 5.74) is 0. The Bertz CT molecular complexity index is 284. The highest BCUT2D eigenvalue weighted by atomic mass is 32.2. The van der Waals surface area contributed by atoms with Crippen LogP contribution >= 0.6 is 0 Å². The van der Waals surface area contributed by atoms with E-state index < -0.39 is 10.0 Å². The van der Waals surface area contributed by atoms with Crippen molar-refractivity contribution in [2.24, 2.45) is 5.92 Å². The van der Waals surface area contributed by atoms with Crippen LogP contribution in [0.2, 0.25) is 0 Å². The molecule has 0 amide bonds. The molecule has 1 fully saturated rings. The first kappa shape index (κ1) is 13.9. The Hall–Kier alpha value is -0.130. The van der Waals surface area contributed by atoms with E-state index in [4.69, 9.17) is 0 Å². The minimum absolute atomic E-state index is 0.150. The van der Waals surface area contributed by atoms with Gasteiger partial charge in [0.1, 0.15) is 0 Å². The second kappa shape index (κ2) is 6.57. The van der Waals surface area contributed by atoms with Gasteiger partial charge in [-0.3, -0.25) is 0 Å². The topological polar surface area (TPSA) is 58.2 Å². The average molecular weight is 248 g/mol. The van der Waals surface area contributed by atoms with Crippen LogP contribution in [0.15, 0.2) is 0 Å². The van der Waals surface area contributed by atoms with E-state index in [1.165, 1.54) is 6.42 Å². The summed E-state index contributed by atoms with van der Waals surface area (Å²) in [6.45, 7) is 3.42. The second-order valence-corrected chi connectivity index (χ2v) is 6.86. The SMILES string of the molecule is CNCC(C)CNS(=O)(=O)C1CCCCC1. The molecule has 0 aromatic rings. The van der Waals surface area contributed by atoms with E-state index in [1.54, 1.807) is 0 Å². The van der Waals surface area contributed by atoms with Gasteiger partial charge in [-0.1, -0.05) is 26.2 Å². The molecule has 0 aromatic heterocycles. The van der Waals surface area contributed by atoms with Crippen LogP contribution in [-0.2, 0) is 10.0 Å². The van der Waals surface area contributed by atoms with E-state index >= 15 is 0 Å². The third kappa shape index (κ3) is 4.39. The van der Waals surface area contributed by atoms with Crippen LogP contribution in [-0.4, -0.2) is 33.8 Å². The van der Waals surface area contributed by atoms with Crippen LogP contribution in [0, 0.1) is 5.92 Å². The lowest BCUT2D eigenvalue weighted by Crippen LogP contribution is -2.39. The van der Waals surface area contributed by atoms with Gasteiger partial charge in [-0.2, -0.15) is 0 Å². The third-order valence-corrected chi connectivity index (χ3v) is 5.09. The summed E-state index contributed by atoms with van der Waals surface area (Å²) in [5.74, 6) is 0.336. The minimum atomic E-state index is -3.07. The van der Waals surface area contributed by atoms with E-state index in [-0.39, 0.29) is 5.25 Å². The molecule has 0 aliphatic heterocycles. The summed E-state index contributed by atoms with van der Waals surface area (Å²) < 4.78 is 26.7. The van der Waals surface area contributed by atoms with Gasteiger partial charge in [0.05, 0.1) is 5.25 Å². The zero-order valence-corrected chi connectivity index (χ0v) is 11.1. The Labute approximate surface area is 99.2 Å². The predicted octanol–water partition coefficient (Wildman–Crippen LogP) is 1.09. The van der Waals surface area contributed by atoms with Crippen molar-refractivity contribution < 1.29 is 8.42 Å². The molecule has 5 heteroatoms. The summed E-state index contributed by atoms with van der Waals surface area (Å²) in [7, 11) is -1.19. The molecule has 0 radical (unpaired) electrons. The standard InChI is InChI=1S/C11H24N2O2S/c1-10(8-12-2)9-13-16(14,15)11-6-4-3-5-7-11/h10-13H,3-9H2,1-2H3. The maximum absolute atomic E-state index is 12.0. The molecule has 1 aliphatic carbocycles. The minimum Gasteiger partial charge on any atom is -0.319 e. The van der Waals surface area contributed by atoms with Gasteiger partial charge in [0, 0.05) is 6.54 Å². The summed E-state index contributed by atoms with van der Waals surface area (Å²) in [4.78, 5) is 0. The van der Waals surface area contributed by atoms with Crippen molar-refractivity contribution in [3.63, 3.8) is 0 Å². The first-order chi connectivity index (χ1) is 7.56. The molecule has 1 rings (SSSR count). The molecule has 2 N–H and O–H groups in total. The van der Waals surface area contributed by atoms with Gasteiger partial charge in [-0.05, 0) is 32.4 Å². The highest BCUT2D eigenvalue weighted by Crippen LogP contribution is 2.22. The molecule has 0 heterocycles. The van der Waals surface area contributed by atoms with Crippen molar-refractivity contribution in [2.45, 2.75) is 44.3 Å². The molecule has 16 heavy (non-hydrogen) atoms. The van der Waals surface area contributed by atoms with Crippen molar-refractivity contribution in [3.8, 4) is 0 Å². The lowest BCUT2D eigenvalue weighted by atomic mass is 10.0. The third-order valence-electron chi connectivity index (χ3n) is 3.18. The fraction of sp³-hybridized carbons (Fsp3) is 1.00. The first-order valence-electron chi connectivity index (χ1n) is 6.19. The number of sulfonamides is 1. The van der Waals surface area contributed by atoms with Crippen LogP contribution in [0.3, 0.4) is 0 Å². The van der Waals surface area contributed by atoms with Gasteiger partial charge in [0.15, 0.2) is 0 Å². The summed E-state index contributed by atoms with van der Waals surface area (Å²) in [5, 5.41) is 2.90. The Morgan fingerprint density at radius 1 is 1.19 bits per heavy atom. The molecular formula is C11H24N2O2S. The summed E-state index contributed by atoms with van der Waals surface area (Å²) >= 11 is 0. The lowest BCUT2D eigenvalue weighted by molar-refractivity contribution is 0.468. The maximum atomic E-state index is 12.0. The van der Waals surface area contributed by atoms with Crippen LogP contribution < -0.4 is 10.0 Å². The molecule has 1 saturated carbocycles. The molecular weight excluding hydrogens is 224 g/mol. The molecule has 1 atom stereocenters. The van der Waals surface area contributed by atoms with Crippen LogP contribution in [0.4, 0.5) is 0 Å². The lowest BCUT2D eigenvalue weighted by Gasteiger charge is -2.23. The Balaban J connectivity index is 2.38. The van der Waals surface area contributed by atoms with Crippen molar-refractivity contribution in [1.82, 2.24) is 10.0 Å². The van der Waals surface area contributed by atoms with E-state index in [0.29, 0.717) is 12.5 Å². The normalized spacial score (nSPS) is 20.9. The zero-order valence-electron chi connectivity index (χ0n) is 10.3. The molecule has 0 spiro atoms. The van der Waals surface area contributed by atoms with Gasteiger partial charge >= 0.3 is 0 Å². The average Bonchev–Trinajstić information content (AvgIpc) is 2.28. The number of hydrogen-bond acceptors (Lipinski definition) is 3. The van der Waals surface area contributed by atoms with Crippen molar-refractivity contribution >= 4 is 10.0 Å². The molecule has 1 aliphatic rings. The molecule has 0 saturated heterocycles. The van der Waals surface area contributed by atoms with Gasteiger partial charge in [-0.25, -0.2) is 13.1 Å². The number of rotatable bonds is 6. The van der Waals surface area contributed by atoms with Gasteiger partial charge < -0.3 is 5.32 Å². The summed E-state index contributed by atoms with van der Waals surface area (Å²) in [6, 6.07) is 0. The highest BCUT2D eigenvalue weighted by Gasteiger charge is 2.26. The molecule has 4 nitrogen and oxygen atoms in total. The van der Waals surface area contributed by atoms with Crippen LogP contribution in [0.25, 0.3) is 0 Å². The second-order valence-electron chi connectivity index (χ2n) is 4.82. The predicted molar refractivity (Wildman–Crippen MR) is 66.9 cm³/mol. The fourth-order valence-corrected chi connectivity index (χ4v) is 3.88. The Morgan fingerprint density at radius 2 is 1.81 bits per heavy atom. The highest BCUT2D eigenvalue weighted by molar-refractivity contribution is 7.90. The van der Waals surface area contributed by atoms with Crippen LogP contribution in [0.1, 0.15) is 39.0 Å². The zero-order chi connectivity index (χ0) is 12.0. The van der Waals surface area contributed by atoms with Crippen LogP contribution in [0.5, 0.6) is 0 Å². The quantitative estimate of drug-likeness (QED) is 0.740. The molecule has 0 bridgehead atoms. The first-order valence-corrected chi connectivity index (χ1v) is 7.74. The maximum Gasteiger partial charge on any atom is 0.214 e. The van der Waals surface area contributed by atoms with Gasteiger partial charge in [0.25, 0.3) is 0 Å². The van der Waals surface area contributed by atoms with Gasteiger partial charge in [0.2, 0.25) is 10.0 Å². The summed E-state index contributed by atoms with van der Waals surface area (Å²) in [6.07, 6.45) is 4.95. The molecule has 1 unspecified atom stereocenters. The molecule has 0 aromatic carbocycles. The Morgan fingerprint density at radius 3 is 2.38 bits per heavy atom. The smallest absolute Gasteiger partial charge is 0.214 e. The van der Waals surface area contributed by atoms with Crippen molar-refractivity contribution in [1.29, 1.82) is 0 Å². The van der Waals surface area contributed by atoms with E-state index in [0.717, 1.165) is 32.2 Å². The monoisotopic (exact) mass is 248 g/mol. The van der Waals surface area contributed by atoms with Gasteiger partial charge in [-0.15, -0.1) is 0 Å². The molecule has 96 valence electrons. The van der Waals surface area contributed by atoms with Crippen molar-refractivity contribution in [2.75, 3.05) is 20.1 Å². The number of hydrogen-bond donors (Lipinski definition) is 2. The van der Waals surface area contributed by atoms with E-state index in [1.807, 2.05) is 14.0 Å². The van der Waals surface area contributed by atoms with E-state index in [2.05, 4.69) is 10.0 Å². The largest absolute Gasteiger partial charge is 0.319 e. The fourth-order valence-electron chi connectivity index (χ4n) is 2.17. The van der Waals surface area contributed by atoms with E-state index in [9.17, 15) is 8.42 Å². The Kier molecular flexibility index (Phi) is 5.72. The number of nitrogens with one attached hydrogen (secondary N) is 2. The van der Waals surface area contributed by atoms with Crippen molar-refractivity contribution in [3.05, 3.63) is 0 Å².